The van der Waals surface area contributed by atoms with E-state index in [1.54, 1.807) is 6.20 Å². The highest BCUT2D eigenvalue weighted by Crippen LogP contribution is 2.27. The summed E-state index contributed by atoms with van der Waals surface area (Å²) in [6.07, 6.45) is 5.12. The summed E-state index contributed by atoms with van der Waals surface area (Å²) in [4.78, 5) is 3.91. The number of piperidine rings is 1. The third-order valence-corrected chi connectivity index (χ3v) is 6.74. The minimum absolute atomic E-state index is 0.326. The average Bonchev–Trinajstić information content (AvgIpc) is 3.03. The van der Waals surface area contributed by atoms with Crippen LogP contribution >= 0.6 is 0 Å². The Kier molecular flexibility index (Phi) is 5.43. The molecule has 1 aromatic heterocycles. The van der Waals surface area contributed by atoms with E-state index in [1.165, 1.54) is 4.31 Å². The Morgan fingerprint density at radius 1 is 1.23 bits per heavy atom. The van der Waals surface area contributed by atoms with Crippen LogP contribution in [0.2, 0.25) is 0 Å². The summed E-state index contributed by atoms with van der Waals surface area (Å²) in [5, 5.41) is 0. The molecule has 3 rings (SSSR count). The standard InChI is InChI=1S/C18H23F2N3O2S/c1-13(2)18-21-7-10-22(18)12-14-5-8-23(9-6-14)26(24,25)17-4-3-15(19)11-16(17)20/h3-4,7,10-11,13-14H,5-6,8-9,12H2,1-2H3. The van der Waals surface area contributed by atoms with Crippen LogP contribution in [0.1, 0.15) is 38.4 Å². The lowest BCUT2D eigenvalue weighted by Gasteiger charge is -2.31. The van der Waals surface area contributed by atoms with Crippen molar-refractivity contribution >= 4 is 10.0 Å². The Morgan fingerprint density at radius 2 is 1.92 bits per heavy atom. The lowest BCUT2D eigenvalue weighted by Crippen LogP contribution is -2.39. The number of hydrogen-bond acceptors (Lipinski definition) is 3. The molecule has 0 amide bonds. The van der Waals surface area contributed by atoms with E-state index in [9.17, 15) is 17.2 Å². The molecule has 0 spiro atoms. The number of nitrogens with zero attached hydrogens (tertiary/aromatic N) is 3. The third kappa shape index (κ3) is 3.81. The van der Waals surface area contributed by atoms with Crippen molar-refractivity contribution < 1.29 is 17.2 Å². The summed E-state index contributed by atoms with van der Waals surface area (Å²) in [5.41, 5.74) is 0. The summed E-state index contributed by atoms with van der Waals surface area (Å²) in [6.45, 7) is 5.63. The fourth-order valence-corrected chi connectivity index (χ4v) is 4.92. The molecule has 1 aliphatic rings. The van der Waals surface area contributed by atoms with Gasteiger partial charge in [0.15, 0.2) is 0 Å². The molecule has 0 aliphatic carbocycles. The zero-order valence-corrected chi connectivity index (χ0v) is 15.7. The molecule has 8 heteroatoms. The van der Waals surface area contributed by atoms with Crippen LogP contribution in [0.3, 0.4) is 0 Å². The minimum atomic E-state index is -3.94. The molecule has 0 unspecified atom stereocenters. The van der Waals surface area contributed by atoms with Gasteiger partial charge in [-0.3, -0.25) is 0 Å². The second-order valence-electron chi connectivity index (χ2n) is 7.01. The molecule has 1 fully saturated rings. The number of aromatic nitrogens is 2. The van der Waals surface area contributed by atoms with Crippen molar-refractivity contribution in [3.05, 3.63) is 48.1 Å². The molecule has 26 heavy (non-hydrogen) atoms. The Hall–Kier alpha value is -1.80. The zero-order valence-electron chi connectivity index (χ0n) is 14.9. The predicted octanol–water partition coefficient (Wildman–Crippen LogP) is 3.39. The average molecular weight is 383 g/mol. The summed E-state index contributed by atoms with van der Waals surface area (Å²) in [5.74, 6) is -0.153. The van der Waals surface area contributed by atoms with E-state index >= 15 is 0 Å². The van der Waals surface area contributed by atoms with Crippen molar-refractivity contribution in [1.29, 1.82) is 0 Å². The van der Waals surface area contributed by atoms with Crippen molar-refractivity contribution in [3.8, 4) is 0 Å². The SMILES string of the molecule is CC(C)c1nccn1CC1CCN(S(=O)(=O)c2ccc(F)cc2F)CC1. The number of sulfonamides is 1. The molecule has 0 bridgehead atoms. The van der Waals surface area contributed by atoms with Gasteiger partial charge < -0.3 is 4.57 Å². The van der Waals surface area contributed by atoms with E-state index in [1.807, 2.05) is 6.20 Å². The molecule has 0 saturated carbocycles. The van der Waals surface area contributed by atoms with Crippen LogP contribution in [0.4, 0.5) is 8.78 Å². The van der Waals surface area contributed by atoms with Crippen LogP contribution in [0, 0.1) is 17.6 Å². The molecule has 1 aromatic carbocycles. The fourth-order valence-electron chi connectivity index (χ4n) is 3.41. The molecule has 1 saturated heterocycles. The van der Waals surface area contributed by atoms with E-state index in [2.05, 4.69) is 23.4 Å². The largest absolute Gasteiger partial charge is 0.334 e. The second kappa shape index (κ2) is 7.44. The molecule has 2 heterocycles. The van der Waals surface area contributed by atoms with Crippen molar-refractivity contribution in [1.82, 2.24) is 13.9 Å². The quantitative estimate of drug-likeness (QED) is 0.795. The summed E-state index contributed by atoms with van der Waals surface area (Å²) in [7, 11) is -3.94. The maximum atomic E-state index is 13.9. The Morgan fingerprint density at radius 3 is 2.54 bits per heavy atom. The third-order valence-electron chi connectivity index (χ3n) is 4.80. The molecule has 0 N–H and O–H groups in total. The van der Waals surface area contributed by atoms with Gasteiger partial charge in [0, 0.05) is 44.0 Å². The van der Waals surface area contributed by atoms with Gasteiger partial charge in [-0.15, -0.1) is 0 Å². The smallest absolute Gasteiger partial charge is 0.245 e. The highest BCUT2D eigenvalue weighted by molar-refractivity contribution is 7.89. The van der Waals surface area contributed by atoms with Gasteiger partial charge in [0.2, 0.25) is 10.0 Å². The van der Waals surface area contributed by atoms with Crippen LogP contribution in [-0.2, 0) is 16.6 Å². The molecular formula is C18H23F2N3O2S. The lowest BCUT2D eigenvalue weighted by molar-refractivity contribution is 0.250. The maximum Gasteiger partial charge on any atom is 0.245 e. The van der Waals surface area contributed by atoms with Crippen molar-refractivity contribution in [3.63, 3.8) is 0 Å². The summed E-state index contributed by atoms with van der Waals surface area (Å²) >= 11 is 0. The number of halogens is 2. The maximum absolute atomic E-state index is 13.9. The van der Waals surface area contributed by atoms with Crippen LogP contribution < -0.4 is 0 Å². The zero-order chi connectivity index (χ0) is 18.9. The number of rotatable bonds is 5. The molecule has 1 aliphatic heterocycles. The molecule has 0 atom stereocenters. The van der Waals surface area contributed by atoms with E-state index in [-0.39, 0.29) is 0 Å². The lowest BCUT2D eigenvalue weighted by atomic mass is 9.98. The monoisotopic (exact) mass is 383 g/mol. The highest BCUT2D eigenvalue weighted by Gasteiger charge is 2.31. The van der Waals surface area contributed by atoms with E-state index in [0.29, 0.717) is 43.8 Å². The normalized spacial score (nSPS) is 17.1. The fraction of sp³-hybridized carbons (Fsp3) is 0.500. The van der Waals surface area contributed by atoms with Crippen LogP contribution in [0.5, 0.6) is 0 Å². The first-order valence-corrected chi connectivity index (χ1v) is 10.2. The van der Waals surface area contributed by atoms with E-state index < -0.39 is 26.6 Å². The van der Waals surface area contributed by atoms with Crippen molar-refractivity contribution in [2.45, 2.75) is 44.0 Å². The van der Waals surface area contributed by atoms with Gasteiger partial charge in [0.1, 0.15) is 22.4 Å². The number of imidazole rings is 1. The van der Waals surface area contributed by atoms with Crippen LogP contribution in [0.25, 0.3) is 0 Å². The molecule has 2 aromatic rings. The second-order valence-corrected chi connectivity index (χ2v) is 8.92. The highest BCUT2D eigenvalue weighted by atomic mass is 32.2. The first-order valence-electron chi connectivity index (χ1n) is 8.75. The first kappa shape index (κ1) is 19.0. The van der Waals surface area contributed by atoms with Crippen molar-refractivity contribution in [2.75, 3.05) is 13.1 Å². The Labute approximate surface area is 152 Å². The van der Waals surface area contributed by atoms with Gasteiger partial charge in [-0.05, 0) is 30.9 Å². The number of benzene rings is 1. The van der Waals surface area contributed by atoms with Crippen LogP contribution in [-0.4, -0.2) is 35.4 Å². The minimum Gasteiger partial charge on any atom is -0.334 e. The predicted molar refractivity (Wildman–Crippen MR) is 94.2 cm³/mol. The van der Waals surface area contributed by atoms with E-state index in [4.69, 9.17) is 0 Å². The van der Waals surface area contributed by atoms with Gasteiger partial charge in [-0.2, -0.15) is 4.31 Å². The molecule has 0 radical (unpaired) electrons. The molecule has 5 nitrogen and oxygen atoms in total. The Bertz CT molecular complexity index is 872. The van der Waals surface area contributed by atoms with E-state index in [0.717, 1.165) is 24.5 Å². The van der Waals surface area contributed by atoms with Gasteiger partial charge in [-0.1, -0.05) is 13.8 Å². The molecule has 142 valence electrons. The van der Waals surface area contributed by atoms with Gasteiger partial charge in [0.25, 0.3) is 0 Å². The topological polar surface area (TPSA) is 55.2 Å². The number of hydrogen-bond donors (Lipinski definition) is 0. The Balaban J connectivity index is 1.67. The van der Waals surface area contributed by atoms with Crippen molar-refractivity contribution in [2.24, 2.45) is 5.92 Å². The van der Waals surface area contributed by atoms with Gasteiger partial charge in [-0.25, -0.2) is 22.2 Å². The summed E-state index contributed by atoms with van der Waals surface area (Å²) in [6, 6.07) is 2.56. The summed E-state index contributed by atoms with van der Waals surface area (Å²) < 4.78 is 55.6. The van der Waals surface area contributed by atoms with Gasteiger partial charge in [0.05, 0.1) is 0 Å². The molecular weight excluding hydrogens is 360 g/mol. The van der Waals surface area contributed by atoms with Gasteiger partial charge >= 0.3 is 0 Å². The first-order chi connectivity index (χ1) is 12.3. The van der Waals surface area contributed by atoms with Crippen LogP contribution in [0.15, 0.2) is 35.5 Å².